The Hall–Kier alpha value is -2.57. The van der Waals surface area contributed by atoms with E-state index in [1.807, 2.05) is 32.9 Å². The topological polar surface area (TPSA) is 93.7 Å². The maximum Gasteiger partial charge on any atom is 0.321 e. The molecule has 1 aromatic rings. The van der Waals surface area contributed by atoms with Gasteiger partial charge in [0.25, 0.3) is 5.91 Å². The summed E-state index contributed by atoms with van der Waals surface area (Å²) in [6.45, 7) is 5.12. The first-order chi connectivity index (χ1) is 11.3. The van der Waals surface area contributed by atoms with Crippen LogP contribution in [0.1, 0.15) is 31.4 Å². The van der Waals surface area contributed by atoms with Crippen LogP contribution in [0.5, 0.6) is 5.75 Å². The molecule has 0 spiro atoms. The van der Waals surface area contributed by atoms with Gasteiger partial charge in [0.2, 0.25) is 0 Å². The number of urea groups is 1. The van der Waals surface area contributed by atoms with Gasteiger partial charge in [0.1, 0.15) is 5.75 Å². The Morgan fingerprint density at radius 3 is 2.58 bits per heavy atom. The third-order valence-corrected chi connectivity index (χ3v) is 3.38. The lowest BCUT2D eigenvalue weighted by atomic mass is 10.1. The van der Waals surface area contributed by atoms with Crippen LogP contribution in [0, 0.1) is 6.92 Å². The highest BCUT2D eigenvalue weighted by Gasteiger charge is 2.14. The molecule has 1 rings (SSSR count). The second kappa shape index (κ2) is 9.54. The summed E-state index contributed by atoms with van der Waals surface area (Å²) in [5.41, 5.74) is 1.66. The van der Waals surface area contributed by atoms with Gasteiger partial charge in [-0.25, -0.2) is 4.79 Å². The fraction of sp³-hybridized carbons (Fsp3) is 0.471. The van der Waals surface area contributed by atoms with Crippen molar-refractivity contribution in [3.8, 4) is 5.75 Å². The molecular formula is C17H24N2O5. The zero-order valence-corrected chi connectivity index (χ0v) is 14.5. The molecule has 1 atom stereocenters. The van der Waals surface area contributed by atoms with Gasteiger partial charge >= 0.3 is 12.0 Å². The molecule has 0 saturated carbocycles. The number of hydrogen-bond acceptors (Lipinski definition) is 5. The summed E-state index contributed by atoms with van der Waals surface area (Å²) in [7, 11) is 1.52. The van der Waals surface area contributed by atoms with Crippen LogP contribution < -0.4 is 15.4 Å². The number of ether oxygens (including phenoxy) is 2. The number of benzene rings is 1. The van der Waals surface area contributed by atoms with Crippen LogP contribution in [0.25, 0.3) is 0 Å². The van der Waals surface area contributed by atoms with Crippen molar-refractivity contribution in [2.45, 2.75) is 39.7 Å². The summed E-state index contributed by atoms with van der Waals surface area (Å²) < 4.78 is 10.1. The van der Waals surface area contributed by atoms with Crippen LogP contribution in [-0.2, 0) is 20.7 Å². The number of aryl methyl sites for hydroxylation is 1. The highest BCUT2D eigenvalue weighted by molar-refractivity contribution is 5.95. The van der Waals surface area contributed by atoms with Gasteiger partial charge in [0, 0.05) is 11.6 Å². The predicted molar refractivity (Wildman–Crippen MR) is 88.8 cm³/mol. The number of amides is 3. The van der Waals surface area contributed by atoms with Crippen molar-refractivity contribution in [2.75, 3.05) is 13.7 Å². The zero-order valence-electron chi connectivity index (χ0n) is 14.5. The third-order valence-electron chi connectivity index (χ3n) is 3.38. The predicted octanol–water partition coefficient (Wildman–Crippen LogP) is 1.71. The monoisotopic (exact) mass is 336 g/mol. The first kappa shape index (κ1) is 19.5. The second-order valence-electron chi connectivity index (χ2n) is 5.48. The van der Waals surface area contributed by atoms with E-state index in [2.05, 4.69) is 10.6 Å². The number of carbonyl (C=O) groups is 3. The third kappa shape index (κ3) is 6.68. The molecule has 0 bridgehead atoms. The number of carbonyl (C=O) groups excluding carboxylic acids is 3. The fourth-order valence-electron chi connectivity index (χ4n) is 1.92. The number of esters is 1. The lowest BCUT2D eigenvalue weighted by Gasteiger charge is -2.12. The summed E-state index contributed by atoms with van der Waals surface area (Å²) in [5.74, 6) is -0.674. The molecule has 0 unspecified atom stereocenters. The Balaban J connectivity index is 2.45. The Bertz CT molecular complexity index is 601. The van der Waals surface area contributed by atoms with E-state index in [-0.39, 0.29) is 12.5 Å². The molecule has 7 nitrogen and oxygen atoms in total. The van der Waals surface area contributed by atoms with E-state index >= 15 is 0 Å². The molecule has 3 amide bonds. The van der Waals surface area contributed by atoms with E-state index in [1.54, 1.807) is 6.07 Å². The fourth-order valence-corrected chi connectivity index (χ4v) is 1.92. The zero-order chi connectivity index (χ0) is 18.1. The molecule has 0 aliphatic rings. The highest BCUT2D eigenvalue weighted by atomic mass is 16.5. The van der Waals surface area contributed by atoms with E-state index in [1.165, 1.54) is 7.11 Å². The van der Waals surface area contributed by atoms with Crippen molar-refractivity contribution in [2.24, 2.45) is 0 Å². The molecule has 0 heterocycles. The minimum absolute atomic E-state index is 0.0167. The Morgan fingerprint density at radius 1 is 1.25 bits per heavy atom. The molecule has 132 valence electrons. The van der Waals surface area contributed by atoms with Crippen molar-refractivity contribution in [3.63, 3.8) is 0 Å². The van der Waals surface area contributed by atoms with E-state index < -0.39 is 24.5 Å². The number of nitrogens with one attached hydrogen (secondary N) is 2. The van der Waals surface area contributed by atoms with Gasteiger partial charge in [-0.1, -0.05) is 24.6 Å². The number of rotatable bonds is 7. The van der Waals surface area contributed by atoms with E-state index in [4.69, 9.17) is 9.47 Å². The van der Waals surface area contributed by atoms with Crippen LogP contribution in [-0.4, -0.2) is 37.7 Å². The highest BCUT2D eigenvalue weighted by Crippen LogP contribution is 2.20. The van der Waals surface area contributed by atoms with Gasteiger partial charge in [-0.15, -0.1) is 0 Å². The summed E-state index contributed by atoms with van der Waals surface area (Å²) in [6.07, 6.45) is 0.728. The number of methoxy groups -OCH3 is 1. The summed E-state index contributed by atoms with van der Waals surface area (Å²) >= 11 is 0. The summed E-state index contributed by atoms with van der Waals surface area (Å²) in [5, 5.41) is 4.69. The van der Waals surface area contributed by atoms with Crippen molar-refractivity contribution in [1.82, 2.24) is 10.6 Å². The largest absolute Gasteiger partial charge is 0.496 e. The van der Waals surface area contributed by atoms with E-state index in [0.717, 1.165) is 12.0 Å². The molecule has 0 aliphatic carbocycles. The van der Waals surface area contributed by atoms with Crippen LogP contribution >= 0.6 is 0 Å². The summed E-state index contributed by atoms with van der Waals surface area (Å²) in [4.78, 5) is 34.9. The summed E-state index contributed by atoms with van der Waals surface area (Å²) in [6, 6.07) is 4.81. The van der Waals surface area contributed by atoms with Crippen LogP contribution in [0.4, 0.5) is 4.79 Å². The first-order valence-corrected chi connectivity index (χ1v) is 7.75. The molecule has 0 radical (unpaired) electrons. The van der Waals surface area contributed by atoms with E-state index in [9.17, 15) is 14.4 Å². The molecule has 0 fully saturated rings. The standard InChI is InChI=1S/C17H24N2O5/c1-5-12(3)18-17(22)19-15(20)10-24-16(21)9-13-8-11(2)6-7-14(13)23-4/h6-8,12H,5,9-10H2,1-4H3,(H2,18,19,20,22)/t12-/m1/s1. The molecular weight excluding hydrogens is 312 g/mol. The van der Waals surface area contributed by atoms with Crippen molar-refractivity contribution >= 4 is 17.9 Å². The molecule has 1 aromatic carbocycles. The number of imide groups is 1. The minimum atomic E-state index is -0.680. The first-order valence-electron chi connectivity index (χ1n) is 7.75. The average Bonchev–Trinajstić information content (AvgIpc) is 2.53. The van der Waals surface area contributed by atoms with Gasteiger partial charge in [0.05, 0.1) is 13.5 Å². The van der Waals surface area contributed by atoms with Gasteiger partial charge in [0.15, 0.2) is 6.61 Å². The molecule has 0 saturated heterocycles. The van der Waals surface area contributed by atoms with Crippen LogP contribution in [0.15, 0.2) is 18.2 Å². The lowest BCUT2D eigenvalue weighted by molar-refractivity contribution is -0.147. The van der Waals surface area contributed by atoms with E-state index in [0.29, 0.717) is 11.3 Å². The van der Waals surface area contributed by atoms with Gasteiger partial charge < -0.3 is 14.8 Å². The smallest absolute Gasteiger partial charge is 0.321 e. The molecule has 0 aliphatic heterocycles. The Labute approximate surface area is 141 Å². The van der Waals surface area contributed by atoms with Crippen molar-refractivity contribution in [1.29, 1.82) is 0 Å². The van der Waals surface area contributed by atoms with Crippen molar-refractivity contribution < 1.29 is 23.9 Å². The van der Waals surface area contributed by atoms with Crippen LogP contribution in [0.2, 0.25) is 0 Å². The normalized spacial score (nSPS) is 11.3. The van der Waals surface area contributed by atoms with Gasteiger partial charge in [-0.2, -0.15) is 0 Å². The van der Waals surface area contributed by atoms with Crippen LogP contribution in [0.3, 0.4) is 0 Å². The molecule has 24 heavy (non-hydrogen) atoms. The minimum Gasteiger partial charge on any atom is -0.496 e. The maximum atomic E-state index is 11.8. The van der Waals surface area contributed by atoms with Gasteiger partial charge in [-0.05, 0) is 26.3 Å². The molecule has 2 N–H and O–H groups in total. The lowest BCUT2D eigenvalue weighted by Crippen LogP contribution is -2.44. The quantitative estimate of drug-likeness (QED) is 0.739. The Kier molecular flexibility index (Phi) is 7.74. The Morgan fingerprint density at radius 2 is 1.96 bits per heavy atom. The number of hydrogen-bond donors (Lipinski definition) is 2. The average molecular weight is 336 g/mol. The molecule has 7 heteroatoms. The maximum absolute atomic E-state index is 11.8. The van der Waals surface area contributed by atoms with Gasteiger partial charge in [-0.3, -0.25) is 14.9 Å². The molecule has 0 aromatic heterocycles. The second-order valence-corrected chi connectivity index (χ2v) is 5.48. The SMILES string of the molecule is CC[C@@H](C)NC(=O)NC(=O)COC(=O)Cc1cc(C)ccc1OC. The van der Waals surface area contributed by atoms with Crippen molar-refractivity contribution in [3.05, 3.63) is 29.3 Å².